The van der Waals surface area contributed by atoms with Crippen LogP contribution in [0.1, 0.15) is 11.1 Å². The SMILES string of the molecule is Cc1cc(OC[C@@H](O)C[NH3+])cc(C)c1Cl. The third-order valence-corrected chi connectivity index (χ3v) is 2.78. The molecule has 0 bridgehead atoms. The molecule has 4 N–H and O–H groups in total. The van der Waals surface area contributed by atoms with Crippen LogP contribution >= 0.6 is 11.6 Å². The molecule has 1 aromatic rings. The molecule has 0 saturated heterocycles. The molecule has 0 fully saturated rings. The Bertz CT molecular complexity index is 318. The Morgan fingerprint density at radius 3 is 2.40 bits per heavy atom. The molecule has 1 rings (SSSR count). The second-order valence-corrected chi connectivity index (χ2v) is 4.00. The smallest absolute Gasteiger partial charge is 0.136 e. The number of benzene rings is 1. The van der Waals surface area contributed by atoms with Crippen molar-refractivity contribution in [2.45, 2.75) is 20.0 Å². The molecule has 15 heavy (non-hydrogen) atoms. The second-order valence-electron chi connectivity index (χ2n) is 3.62. The van der Waals surface area contributed by atoms with E-state index in [1.807, 2.05) is 26.0 Å². The van der Waals surface area contributed by atoms with Gasteiger partial charge in [-0.1, -0.05) is 11.6 Å². The van der Waals surface area contributed by atoms with Crippen molar-refractivity contribution in [2.75, 3.05) is 13.2 Å². The third kappa shape index (κ3) is 3.38. The Hall–Kier alpha value is -0.770. The van der Waals surface area contributed by atoms with Crippen LogP contribution in [0, 0.1) is 13.8 Å². The van der Waals surface area contributed by atoms with Gasteiger partial charge in [-0.3, -0.25) is 0 Å². The van der Waals surface area contributed by atoms with Gasteiger partial charge in [0.15, 0.2) is 0 Å². The minimum Gasteiger partial charge on any atom is -0.491 e. The quantitative estimate of drug-likeness (QED) is 0.809. The van der Waals surface area contributed by atoms with Crippen molar-refractivity contribution in [1.29, 1.82) is 0 Å². The lowest BCUT2D eigenvalue weighted by atomic mass is 10.1. The largest absolute Gasteiger partial charge is 0.491 e. The van der Waals surface area contributed by atoms with Crippen LogP contribution in [0.25, 0.3) is 0 Å². The van der Waals surface area contributed by atoms with Gasteiger partial charge in [0, 0.05) is 5.02 Å². The van der Waals surface area contributed by atoms with Crippen molar-refractivity contribution < 1.29 is 15.6 Å². The minimum absolute atomic E-state index is 0.268. The molecule has 0 aliphatic rings. The van der Waals surface area contributed by atoms with Crippen molar-refractivity contribution in [1.82, 2.24) is 0 Å². The lowest BCUT2D eigenvalue weighted by Crippen LogP contribution is -2.56. The molecular weight excluding hydrogens is 214 g/mol. The zero-order valence-corrected chi connectivity index (χ0v) is 9.84. The molecule has 0 saturated carbocycles. The Balaban J connectivity index is 2.70. The summed E-state index contributed by atoms with van der Waals surface area (Å²) in [5, 5.41) is 10.1. The van der Waals surface area contributed by atoms with E-state index in [-0.39, 0.29) is 6.61 Å². The van der Waals surface area contributed by atoms with Crippen LogP contribution in [-0.4, -0.2) is 24.4 Å². The van der Waals surface area contributed by atoms with Gasteiger partial charge >= 0.3 is 0 Å². The van der Waals surface area contributed by atoms with E-state index in [4.69, 9.17) is 16.3 Å². The van der Waals surface area contributed by atoms with Gasteiger partial charge < -0.3 is 15.6 Å². The maximum atomic E-state index is 9.30. The number of ether oxygens (including phenoxy) is 1. The molecule has 84 valence electrons. The van der Waals surface area contributed by atoms with Crippen molar-refractivity contribution in [3.63, 3.8) is 0 Å². The number of aryl methyl sites for hydroxylation is 2. The average molecular weight is 231 g/mol. The Labute approximate surface area is 94.8 Å². The maximum Gasteiger partial charge on any atom is 0.136 e. The van der Waals surface area contributed by atoms with Gasteiger partial charge in [-0.25, -0.2) is 0 Å². The van der Waals surface area contributed by atoms with Gasteiger partial charge in [-0.2, -0.15) is 0 Å². The van der Waals surface area contributed by atoms with E-state index in [1.165, 1.54) is 0 Å². The zero-order chi connectivity index (χ0) is 11.4. The fraction of sp³-hybridized carbons (Fsp3) is 0.455. The fourth-order valence-corrected chi connectivity index (χ4v) is 1.37. The fourth-order valence-electron chi connectivity index (χ4n) is 1.27. The summed E-state index contributed by atoms with van der Waals surface area (Å²) in [5.41, 5.74) is 5.56. The number of hydrogen-bond acceptors (Lipinski definition) is 2. The van der Waals surface area contributed by atoms with Gasteiger partial charge in [0.25, 0.3) is 0 Å². The number of halogens is 1. The summed E-state index contributed by atoms with van der Waals surface area (Å²) in [6, 6.07) is 3.73. The van der Waals surface area contributed by atoms with E-state index in [0.717, 1.165) is 21.9 Å². The van der Waals surface area contributed by atoms with Crippen LogP contribution in [0.15, 0.2) is 12.1 Å². The lowest BCUT2D eigenvalue weighted by Gasteiger charge is -2.11. The molecule has 4 heteroatoms. The van der Waals surface area contributed by atoms with Crippen molar-refractivity contribution in [3.8, 4) is 5.75 Å². The molecule has 0 heterocycles. The Morgan fingerprint density at radius 1 is 1.40 bits per heavy atom. The molecule has 3 nitrogen and oxygen atoms in total. The lowest BCUT2D eigenvalue weighted by molar-refractivity contribution is -0.384. The zero-order valence-electron chi connectivity index (χ0n) is 9.09. The highest BCUT2D eigenvalue weighted by molar-refractivity contribution is 6.32. The minimum atomic E-state index is -0.513. The molecule has 1 atom stereocenters. The highest BCUT2D eigenvalue weighted by Crippen LogP contribution is 2.25. The first-order chi connectivity index (χ1) is 7.04. The first-order valence-corrected chi connectivity index (χ1v) is 5.29. The summed E-state index contributed by atoms with van der Waals surface area (Å²) in [4.78, 5) is 0. The first-order valence-electron chi connectivity index (χ1n) is 4.91. The second kappa shape index (κ2) is 5.35. The summed E-state index contributed by atoms with van der Waals surface area (Å²) < 4.78 is 5.43. The van der Waals surface area contributed by atoms with Crippen LogP contribution in [-0.2, 0) is 0 Å². The van der Waals surface area contributed by atoms with Crippen LogP contribution in [0.3, 0.4) is 0 Å². The van der Waals surface area contributed by atoms with E-state index < -0.39 is 6.10 Å². The van der Waals surface area contributed by atoms with Gasteiger partial charge in [0.2, 0.25) is 0 Å². The standard InChI is InChI=1S/C11H16ClNO2/c1-7-3-10(4-8(2)11(7)12)15-6-9(14)5-13/h3-4,9,14H,5-6,13H2,1-2H3/p+1/t9-/m0/s1. The van der Waals surface area contributed by atoms with Gasteiger partial charge in [-0.15, -0.1) is 0 Å². The van der Waals surface area contributed by atoms with Crippen LogP contribution in [0.5, 0.6) is 5.75 Å². The molecule has 0 aromatic heterocycles. The normalized spacial score (nSPS) is 12.6. The number of rotatable bonds is 4. The Kier molecular flexibility index (Phi) is 4.39. The molecule has 0 amide bonds. The number of quaternary nitrogens is 1. The molecule has 1 aromatic carbocycles. The maximum absolute atomic E-state index is 9.30. The van der Waals surface area contributed by atoms with E-state index in [0.29, 0.717) is 6.54 Å². The molecule has 0 spiro atoms. The third-order valence-electron chi connectivity index (χ3n) is 2.19. The highest BCUT2D eigenvalue weighted by atomic mass is 35.5. The van der Waals surface area contributed by atoms with Crippen molar-refractivity contribution >= 4 is 11.6 Å². The summed E-state index contributed by atoms with van der Waals surface area (Å²) >= 11 is 6.02. The predicted octanol–water partition coefficient (Wildman–Crippen LogP) is 0.938. The van der Waals surface area contributed by atoms with E-state index in [2.05, 4.69) is 5.73 Å². The topological polar surface area (TPSA) is 57.1 Å². The molecule has 0 aliphatic heterocycles. The molecular formula is C11H17ClNO2+. The average Bonchev–Trinajstić information content (AvgIpc) is 2.22. The summed E-state index contributed by atoms with van der Waals surface area (Å²) in [6.07, 6.45) is -0.513. The van der Waals surface area contributed by atoms with E-state index in [9.17, 15) is 5.11 Å². The molecule has 0 unspecified atom stereocenters. The van der Waals surface area contributed by atoms with E-state index in [1.54, 1.807) is 0 Å². The van der Waals surface area contributed by atoms with Gasteiger partial charge in [-0.05, 0) is 37.1 Å². The first kappa shape index (κ1) is 12.3. The number of hydrogen-bond donors (Lipinski definition) is 2. The highest BCUT2D eigenvalue weighted by Gasteiger charge is 2.07. The summed E-state index contributed by atoms with van der Waals surface area (Å²) in [5.74, 6) is 0.738. The van der Waals surface area contributed by atoms with Crippen LogP contribution in [0.2, 0.25) is 5.02 Å². The van der Waals surface area contributed by atoms with E-state index >= 15 is 0 Å². The predicted molar refractivity (Wildman–Crippen MR) is 60.2 cm³/mol. The van der Waals surface area contributed by atoms with Crippen molar-refractivity contribution in [3.05, 3.63) is 28.3 Å². The molecule has 0 radical (unpaired) electrons. The van der Waals surface area contributed by atoms with Crippen LogP contribution < -0.4 is 10.5 Å². The molecule has 0 aliphatic carbocycles. The van der Waals surface area contributed by atoms with Crippen LogP contribution in [0.4, 0.5) is 0 Å². The number of aliphatic hydroxyl groups excluding tert-OH is 1. The summed E-state index contributed by atoms with van der Waals surface area (Å²) in [6.45, 7) is 4.58. The van der Waals surface area contributed by atoms with Gasteiger partial charge in [0.1, 0.15) is 25.0 Å². The monoisotopic (exact) mass is 230 g/mol. The Morgan fingerprint density at radius 2 is 1.93 bits per heavy atom. The number of aliphatic hydroxyl groups is 1. The van der Waals surface area contributed by atoms with Gasteiger partial charge in [0.05, 0.1) is 0 Å². The summed E-state index contributed by atoms with van der Waals surface area (Å²) in [7, 11) is 0. The van der Waals surface area contributed by atoms with Crippen molar-refractivity contribution in [2.24, 2.45) is 0 Å².